The van der Waals surface area contributed by atoms with E-state index in [1.54, 1.807) is 25.2 Å². The SMILES string of the molecule is CNC(COCC(F)(F)C(F)F)Cc1ccc(Cl)c(Cl)c1. The van der Waals surface area contributed by atoms with Gasteiger partial charge in [-0.3, -0.25) is 0 Å². The van der Waals surface area contributed by atoms with E-state index in [0.29, 0.717) is 16.5 Å². The summed E-state index contributed by atoms with van der Waals surface area (Å²) in [4.78, 5) is 0. The van der Waals surface area contributed by atoms with Crippen LogP contribution in [0.5, 0.6) is 0 Å². The molecule has 0 heterocycles. The van der Waals surface area contributed by atoms with E-state index in [1.165, 1.54) is 0 Å². The molecule has 0 saturated carbocycles. The average molecular weight is 348 g/mol. The highest BCUT2D eigenvalue weighted by Crippen LogP contribution is 2.24. The third-order valence-electron chi connectivity index (χ3n) is 2.81. The number of benzene rings is 1. The Balaban J connectivity index is 2.50. The Hall–Kier alpha value is -0.560. The predicted molar refractivity (Wildman–Crippen MR) is 74.8 cm³/mol. The quantitative estimate of drug-likeness (QED) is 0.716. The molecule has 1 aromatic rings. The average Bonchev–Trinajstić information content (AvgIpc) is 2.41. The minimum absolute atomic E-state index is 0.126. The molecule has 1 aromatic carbocycles. The molecule has 2 nitrogen and oxygen atoms in total. The minimum atomic E-state index is -4.14. The van der Waals surface area contributed by atoms with E-state index in [4.69, 9.17) is 23.2 Å². The standard InChI is InChI=1S/C13H15Cl2F4NO/c1-20-9(6-21-7-13(18,19)12(16)17)4-8-2-3-10(14)11(15)5-8/h2-3,5,9,12,20H,4,6-7H2,1H3. The zero-order valence-electron chi connectivity index (χ0n) is 11.2. The topological polar surface area (TPSA) is 21.3 Å². The van der Waals surface area contributed by atoms with Gasteiger partial charge < -0.3 is 10.1 Å². The van der Waals surface area contributed by atoms with Crippen LogP contribution in [0.2, 0.25) is 10.0 Å². The van der Waals surface area contributed by atoms with Crippen molar-refractivity contribution in [3.63, 3.8) is 0 Å². The Morgan fingerprint density at radius 3 is 2.43 bits per heavy atom. The van der Waals surface area contributed by atoms with Gasteiger partial charge in [0.25, 0.3) is 0 Å². The van der Waals surface area contributed by atoms with Gasteiger partial charge >= 0.3 is 12.3 Å². The Kier molecular flexibility index (Phi) is 7.20. The van der Waals surface area contributed by atoms with Crippen molar-refractivity contribution in [1.29, 1.82) is 0 Å². The first-order chi connectivity index (χ1) is 9.76. The second kappa shape index (κ2) is 8.17. The first-order valence-electron chi connectivity index (χ1n) is 6.11. The van der Waals surface area contributed by atoms with Crippen molar-refractivity contribution in [2.45, 2.75) is 24.8 Å². The molecule has 0 aliphatic rings. The zero-order chi connectivity index (χ0) is 16.0. The molecule has 1 atom stereocenters. The van der Waals surface area contributed by atoms with E-state index >= 15 is 0 Å². The van der Waals surface area contributed by atoms with Crippen molar-refractivity contribution in [3.05, 3.63) is 33.8 Å². The molecule has 0 spiro atoms. The summed E-state index contributed by atoms with van der Waals surface area (Å²) in [6, 6.07) is 4.71. The maximum absolute atomic E-state index is 12.7. The van der Waals surface area contributed by atoms with E-state index in [1.807, 2.05) is 0 Å². The van der Waals surface area contributed by atoms with Crippen LogP contribution in [0, 0.1) is 0 Å². The summed E-state index contributed by atoms with van der Waals surface area (Å²) in [6.07, 6.45) is -3.30. The highest BCUT2D eigenvalue weighted by atomic mass is 35.5. The van der Waals surface area contributed by atoms with Gasteiger partial charge in [-0.1, -0.05) is 29.3 Å². The van der Waals surface area contributed by atoms with Gasteiger partial charge in [0.15, 0.2) is 0 Å². The number of ether oxygens (including phenoxy) is 1. The van der Waals surface area contributed by atoms with Crippen LogP contribution in [0.4, 0.5) is 17.6 Å². The molecule has 0 aliphatic heterocycles. The van der Waals surface area contributed by atoms with Crippen LogP contribution >= 0.6 is 23.2 Å². The molecule has 1 rings (SSSR count). The molecule has 0 radical (unpaired) electrons. The molecule has 120 valence electrons. The Bertz CT molecular complexity index is 460. The molecule has 1 N–H and O–H groups in total. The lowest BCUT2D eigenvalue weighted by molar-refractivity contribution is -0.166. The summed E-state index contributed by atoms with van der Waals surface area (Å²) in [5.74, 6) is -4.14. The minimum Gasteiger partial charge on any atom is -0.373 e. The maximum atomic E-state index is 12.7. The van der Waals surface area contributed by atoms with Gasteiger partial charge in [0.05, 0.1) is 16.7 Å². The van der Waals surface area contributed by atoms with Gasteiger partial charge in [0.2, 0.25) is 0 Å². The van der Waals surface area contributed by atoms with Crippen LogP contribution < -0.4 is 5.32 Å². The smallest absolute Gasteiger partial charge is 0.330 e. The van der Waals surface area contributed by atoms with Crippen LogP contribution in [0.15, 0.2) is 18.2 Å². The molecule has 8 heteroatoms. The fourth-order valence-corrected chi connectivity index (χ4v) is 1.92. The van der Waals surface area contributed by atoms with E-state index < -0.39 is 19.0 Å². The highest BCUT2D eigenvalue weighted by Gasteiger charge is 2.41. The van der Waals surface area contributed by atoms with Crippen molar-refractivity contribution >= 4 is 23.2 Å². The molecule has 0 saturated heterocycles. The fraction of sp³-hybridized carbons (Fsp3) is 0.538. The number of alkyl halides is 4. The summed E-state index contributed by atoms with van der Waals surface area (Å²) in [7, 11) is 1.62. The Morgan fingerprint density at radius 1 is 1.24 bits per heavy atom. The van der Waals surface area contributed by atoms with E-state index in [-0.39, 0.29) is 12.6 Å². The monoisotopic (exact) mass is 347 g/mol. The molecule has 0 bridgehead atoms. The second-order valence-corrected chi connectivity index (χ2v) is 5.33. The van der Waals surface area contributed by atoms with Crippen LogP contribution in [-0.4, -0.2) is 38.7 Å². The van der Waals surface area contributed by atoms with Crippen molar-refractivity contribution in [2.24, 2.45) is 0 Å². The van der Waals surface area contributed by atoms with Crippen LogP contribution in [0.1, 0.15) is 5.56 Å². The summed E-state index contributed by atoms with van der Waals surface area (Å²) < 4.78 is 54.0. The van der Waals surface area contributed by atoms with Crippen LogP contribution in [0.25, 0.3) is 0 Å². The molecule has 0 fully saturated rings. The van der Waals surface area contributed by atoms with Crippen molar-refractivity contribution in [1.82, 2.24) is 5.32 Å². The number of nitrogens with one attached hydrogen (secondary N) is 1. The maximum Gasteiger partial charge on any atom is 0.330 e. The van der Waals surface area contributed by atoms with Gasteiger partial charge in [-0.05, 0) is 31.2 Å². The normalized spacial score (nSPS) is 13.7. The number of rotatable bonds is 8. The second-order valence-electron chi connectivity index (χ2n) is 4.52. The lowest BCUT2D eigenvalue weighted by Crippen LogP contribution is -2.37. The molecule has 1 unspecified atom stereocenters. The van der Waals surface area contributed by atoms with Gasteiger partial charge in [-0.15, -0.1) is 0 Å². The van der Waals surface area contributed by atoms with Gasteiger partial charge in [0.1, 0.15) is 6.61 Å². The van der Waals surface area contributed by atoms with E-state index in [2.05, 4.69) is 10.1 Å². The van der Waals surface area contributed by atoms with Crippen LogP contribution in [0.3, 0.4) is 0 Å². The van der Waals surface area contributed by atoms with Crippen molar-refractivity contribution in [3.8, 4) is 0 Å². The Morgan fingerprint density at radius 2 is 1.90 bits per heavy atom. The summed E-state index contributed by atoms with van der Waals surface area (Å²) in [5, 5.41) is 3.66. The third-order valence-corrected chi connectivity index (χ3v) is 3.55. The van der Waals surface area contributed by atoms with Crippen molar-refractivity contribution < 1.29 is 22.3 Å². The molecule has 0 amide bonds. The largest absolute Gasteiger partial charge is 0.373 e. The molecule has 21 heavy (non-hydrogen) atoms. The molecular formula is C13H15Cl2F4NO. The van der Waals surface area contributed by atoms with Gasteiger partial charge in [0, 0.05) is 6.04 Å². The first-order valence-corrected chi connectivity index (χ1v) is 6.86. The number of hydrogen-bond acceptors (Lipinski definition) is 2. The highest BCUT2D eigenvalue weighted by molar-refractivity contribution is 6.42. The van der Waals surface area contributed by atoms with Crippen LogP contribution in [-0.2, 0) is 11.2 Å². The third kappa shape index (κ3) is 5.98. The zero-order valence-corrected chi connectivity index (χ0v) is 12.7. The van der Waals surface area contributed by atoms with E-state index in [0.717, 1.165) is 5.56 Å². The van der Waals surface area contributed by atoms with E-state index in [9.17, 15) is 17.6 Å². The number of likely N-dealkylation sites (N-methyl/N-ethyl adjacent to an activating group) is 1. The fourth-order valence-electron chi connectivity index (χ4n) is 1.60. The first kappa shape index (κ1) is 18.5. The number of hydrogen-bond donors (Lipinski definition) is 1. The lowest BCUT2D eigenvalue weighted by atomic mass is 10.1. The van der Waals surface area contributed by atoms with Gasteiger partial charge in [-0.25, -0.2) is 8.78 Å². The Labute approximate surface area is 130 Å². The van der Waals surface area contributed by atoms with Crippen molar-refractivity contribution in [2.75, 3.05) is 20.3 Å². The molecule has 0 aliphatic carbocycles. The summed E-state index contributed by atoms with van der Waals surface area (Å²) >= 11 is 11.7. The molecule has 0 aromatic heterocycles. The predicted octanol–water partition coefficient (Wildman–Crippen LogP) is 4.04. The summed E-state index contributed by atoms with van der Waals surface area (Å²) in [6.45, 7) is -1.44. The summed E-state index contributed by atoms with van der Waals surface area (Å²) in [5.41, 5.74) is 0.827. The lowest BCUT2D eigenvalue weighted by Gasteiger charge is -2.20. The number of halogens is 6. The molecular weight excluding hydrogens is 333 g/mol. The van der Waals surface area contributed by atoms with Gasteiger partial charge in [-0.2, -0.15) is 8.78 Å².